The molecule has 2 aromatic carbocycles. The topological polar surface area (TPSA) is 29.1 Å². The molecule has 1 N–H and O–H groups in total. The van der Waals surface area contributed by atoms with Gasteiger partial charge in [0.25, 0.3) is 0 Å². The van der Waals surface area contributed by atoms with Crippen LogP contribution in [0.25, 0.3) is 0 Å². The van der Waals surface area contributed by atoms with Crippen LogP contribution in [0.2, 0.25) is 13.3 Å². The molecule has 2 aromatic rings. The van der Waals surface area contributed by atoms with Crippen LogP contribution in [-0.2, 0) is 11.0 Å². The van der Waals surface area contributed by atoms with E-state index in [1.54, 1.807) is 0 Å². The average Bonchev–Trinajstić information content (AvgIpc) is 2.83. The molecule has 0 saturated carbocycles. The molecule has 32 heavy (non-hydrogen) atoms. The molecule has 0 saturated heterocycles. The summed E-state index contributed by atoms with van der Waals surface area (Å²) in [5, 5.41) is 0. The molecule has 0 aliphatic heterocycles. The first-order valence-electron chi connectivity index (χ1n) is 12.4. The predicted molar refractivity (Wildman–Crippen MR) is 143 cm³/mol. The summed E-state index contributed by atoms with van der Waals surface area (Å²) in [6.07, 6.45) is 7.65. The quantitative estimate of drug-likeness (QED) is 0.198. The van der Waals surface area contributed by atoms with Crippen molar-refractivity contribution in [2.75, 3.05) is 0 Å². The van der Waals surface area contributed by atoms with Crippen LogP contribution in [-0.4, -0.2) is 22.6 Å². The zero-order valence-corrected chi connectivity index (χ0v) is 24.1. The predicted octanol–water partition coefficient (Wildman–Crippen LogP) is 7.74. The Labute approximate surface area is 203 Å². The standard InChI is InChI=1S/C16H14NOS.3C4H9.Sn/c1-3-16(14-7-5-4-6-8-14)17-19(18)15-11-9-13(2)10-12-15;3*1-3-4-2;/h4-12,16-17H,2H3;3*1,3-4H2,2H3;/t16-,19?;;;;/m1..../s1. The Morgan fingerprint density at radius 1 is 0.844 bits per heavy atom. The summed E-state index contributed by atoms with van der Waals surface area (Å²) < 4.78 is 24.5. The molecule has 0 aliphatic carbocycles. The van der Waals surface area contributed by atoms with E-state index in [4.69, 9.17) is 0 Å². The van der Waals surface area contributed by atoms with E-state index < -0.39 is 29.4 Å². The van der Waals surface area contributed by atoms with Crippen molar-refractivity contribution < 1.29 is 4.21 Å². The van der Waals surface area contributed by atoms with Gasteiger partial charge in [0.1, 0.15) is 0 Å². The third-order valence-corrected chi connectivity index (χ3v) is 20.4. The van der Waals surface area contributed by atoms with Crippen molar-refractivity contribution in [2.24, 2.45) is 0 Å². The maximum absolute atomic E-state index is 13.1. The van der Waals surface area contributed by atoms with Gasteiger partial charge in [-0.05, 0) is 0 Å². The normalized spacial score (nSPS) is 13.2. The minimum atomic E-state index is -2.59. The van der Waals surface area contributed by atoms with Gasteiger partial charge in [0.05, 0.1) is 0 Å². The van der Waals surface area contributed by atoms with Gasteiger partial charge in [0, 0.05) is 0 Å². The van der Waals surface area contributed by atoms with Crippen LogP contribution in [0.4, 0.5) is 0 Å². The van der Waals surface area contributed by atoms with Gasteiger partial charge < -0.3 is 0 Å². The fourth-order valence-electron chi connectivity index (χ4n) is 4.00. The van der Waals surface area contributed by atoms with E-state index in [1.807, 2.05) is 49.4 Å². The Hall–Kier alpha value is -1.09. The average molecular weight is 558 g/mol. The monoisotopic (exact) mass is 559 g/mol. The van der Waals surface area contributed by atoms with Gasteiger partial charge in [0.2, 0.25) is 0 Å². The van der Waals surface area contributed by atoms with Gasteiger partial charge in [-0.1, -0.05) is 0 Å². The first-order chi connectivity index (χ1) is 15.5. The van der Waals surface area contributed by atoms with Crippen LogP contribution < -0.4 is 4.72 Å². The van der Waals surface area contributed by atoms with Crippen molar-refractivity contribution in [3.05, 3.63) is 65.7 Å². The summed E-state index contributed by atoms with van der Waals surface area (Å²) in [5.74, 6) is 3.65. The van der Waals surface area contributed by atoms with E-state index in [0.29, 0.717) is 0 Å². The molecule has 0 aromatic heterocycles. The summed E-state index contributed by atoms with van der Waals surface area (Å²) in [6, 6.07) is 18.0. The molecule has 0 amide bonds. The van der Waals surface area contributed by atoms with Crippen molar-refractivity contribution >= 4 is 29.4 Å². The van der Waals surface area contributed by atoms with Crippen molar-refractivity contribution in [2.45, 2.75) is 90.5 Å². The molecule has 2 atom stereocenters. The van der Waals surface area contributed by atoms with Crippen molar-refractivity contribution in [3.8, 4) is 9.86 Å². The Balaban J connectivity index is 2.37. The number of nitrogens with one attached hydrogen (secondary N) is 1. The van der Waals surface area contributed by atoms with Gasteiger partial charge >= 0.3 is 204 Å². The molecular weight excluding hydrogens is 517 g/mol. The zero-order valence-electron chi connectivity index (χ0n) is 20.5. The number of benzene rings is 2. The van der Waals surface area contributed by atoms with Gasteiger partial charge in [-0.25, -0.2) is 0 Å². The molecule has 0 aliphatic rings. The van der Waals surface area contributed by atoms with E-state index in [0.717, 1.165) is 10.5 Å². The molecule has 2 rings (SSSR count). The molecule has 1 unspecified atom stereocenters. The second-order valence-electron chi connectivity index (χ2n) is 8.90. The van der Waals surface area contributed by atoms with Crippen LogP contribution >= 0.6 is 0 Å². The Morgan fingerprint density at radius 2 is 1.38 bits per heavy atom. The number of aryl methyl sites for hydroxylation is 1. The van der Waals surface area contributed by atoms with Crippen LogP contribution in [0.5, 0.6) is 0 Å². The molecule has 4 heteroatoms. The van der Waals surface area contributed by atoms with E-state index in [1.165, 1.54) is 57.4 Å². The van der Waals surface area contributed by atoms with Crippen LogP contribution in [0.15, 0.2) is 59.5 Å². The van der Waals surface area contributed by atoms with Crippen LogP contribution in [0, 0.1) is 16.8 Å². The second kappa shape index (κ2) is 14.9. The third kappa shape index (κ3) is 9.04. The molecule has 0 bridgehead atoms. The summed E-state index contributed by atoms with van der Waals surface area (Å²) in [5.41, 5.74) is 2.27. The van der Waals surface area contributed by atoms with Crippen molar-refractivity contribution in [3.63, 3.8) is 0 Å². The maximum atomic E-state index is 13.1. The molecule has 0 fully saturated rings. The number of unbranched alkanes of at least 4 members (excludes halogenated alkanes) is 3. The number of rotatable bonds is 13. The number of hydrogen-bond acceptors (Lipinski definition) is 1. The Kier molecular flexibility index (Phi) is 12.7. The Morgan fingerprint density at radius 3 is 1.88 bits per heavy atom. The molecule has 2 nitrogen and oxygen atoms in total. The third-order valence-electron chi connectivity index (χ3n) is 6.10. The summed E-state index contributed by atoms with van der Waals surface area (Å²) in [7, 11) is -1.30. The fraction of sp³-hybridized carbons (Fsp3) is 0.500. The Bertz CT molecular complexity index is 848. The zero-order chi connectivity index (χ0) is 23.2. The van der Waals surface area contributed by atoms with E-state index >= 15 is 0 Å². The molecule has 174 valence electrons. The van der Waals surface area contributed by atoms with Crippen LogP contribution in [0.1, 0.15) is 76.5 Å². The van der Waals surface area contributed by atoms with Gasteiger partial charge in [0.15, 0.2) is 0 Å². The van der Waals surface area contributed by atoms with E-state index in [9.17, 15) is 4.21 Å². The van der Waals surface area contributed by atoms with Gasteiger partial charge in [-0.15, -0.1) is 0 Å². The van der Waals surface area contributed by atoms with Gasteiger partial charge in [-0.3, -0.25) is 0 Å². The SMILES string of the molecule is CCC[CH2][Sn]([C]#C[C@@H](NS(=O)c1ccc(C)cc1)c1ccccc1)([CH2]CCC)[CH2]CCC. The van der Waals surface area contributed by atoms with Gasteiger partial charge in [-0.2, -0.15) is 0 Å². The first kappa shape index (κ1) is 27.2. The second-order valence-corrected chi connectivity index (χ2v) is 22.5. The first-order valence-corrected chi connectivity index (χ1v) is 21.0. The number of hydrogen-bond donors (Lipinski definition) is 1. The van der Waals surface area contributed by atoms with Crippen LogP contribution in [0.3, 0.4) is 0 Å². The summed E-state index contributed by atoms with van der Waals surface area (Å²) >= 11 is -2.59. The summed E-state index contributed by atoms with van der Waals surface area (Å²) in [6.45, 7) is 8.93. The molecular formula is C28H41NOSSn. The molecule has 0 spiro atoms. The molecule has 0 heterocycles. The van der Waals surface area contributed by atoms with Crippen molar-refractivity contribution in [1.29, 1.82) is 0 Å². The van der Waals surface area contributed by atoms with Crippen molar-refractivity contribution in [1.82, 2.24) is 4.72 Å². The fourth-order valence-corrected chi connectivity index (χ4v) is 18.2. The van der Waals surface area contributed by atoms with E-state index in [2.05, 4.69) is 47.5 Å². The summed E-state index contributed by atoms with van der Waals surface area (Å²) in [4.78, 5) is 0.802. The minimum absolute atomic E-state index is 0.209. The van der Waals surface area contributed by atoms with E-state index in [-0.39, 0.29) is 6.04 Å². The molecule has 0 radical (unpaired) electrons.